The van der Waals surface area contributed by atoms with Crippen molar-refractivity contribution in [3.05, 3.63) is 54.1 Å². The van der Waals surface area contributed by atoms with Crippen LogP contribution in [-0.2, 0) is 24.2 Å². The number of hydrogen-bond donors (Lipinski definition) is 1. The fraction of sp³-hybridized carbons (Fsp3) is 0.500. The number of aromatic nitrogens is 2. The first-order valence-electron chi connectivity index (χ1n) is 10.4. The van der Waals surface area contributed by atoms with Gasteiger partial charge in [0, 0.05) is 45.1 Å². The van der Waals surface area contributed by atoms with E-state index in [-0.39, 0.29) is 30.1 Å². The molecule has 31 heavy (non-hydrogen) atoms. The van der Waals surface area contributed by atoms with Gasteiger partial charge in [-0.15, -0.1) is 24.0 Å². The average molecular weight is 540 g/mol. The molecule has 2 aromatic rings. The van der Waals surface area contributed by atoms with Gasteiger partial charge in [-0.25, -0.2) is 14.8 Å². The monoisotopic (exact) mass is 540 g/mol. The molecular formula is C22H33IN6O2. The number of ether oxygens (including phenoxy) is 1. The number of nitrogens with two attached hydrogens (primary N) is 1. The molecule has 3 rings (SSSR count). The van der Waals surface area contributed by atoms with E-state index in [1.54, 1.807) is 11.1 Å². The van der Waals surface area contributed by atoms with E-state index in [9.17, 15) is 4.79 Å². The molecule has 1 aliphatic rings. The molecule has 2 heterocycles. The van der Waals surface area contributed by atoms with Crippen molar-refractivity contribution in [1.29, 1.82) is 0 Å². The van der Waals surface area contributed by atoms with Crippen LogP contribution >= 0.6 is 24.0 Å². The third-order valence-corrected chi connectivity index (χ3v) is 4.92. The number of halogens is 1. The summed E-state index contributed by atoms with van der Waals surface area (Å²) >= 11 is 0. The molecule has 0 aliphatic carbocycles. The number of aliphatic imine (C=N–C) groups is 1. The second kappa shape index (κ2) is 11.4. The molecule has 9 heteroatoms. The second-order valence-corrected chi connectivity index (χ2v) is 8.40. The van der Waals surface area contributed by atoms with Crippen LogP contribution in [0.1, 0.15) is 32.2 Å². The summed E-state index contributed by atoms with van der Waals surface area (Å²) in [6.45, 7) is 9.30. The SMILES string of the molecule is CC(C)(C)OC(=O)N1CCN(C(N)=NCc2nccn2CCc2ccccc2)CC1.I. The minimum Gasteiger partial charge on any atom is -0.444 e. The Kier molecular flexibility index (Phi) is 9.15. The van der Waals surface area contributed by atoms with Crippen molar-refractivity contribution in [2.45, 2.75) is 45.9 Å². The Morgan fingerprint density at radius 3 is 2.42 bits per heavy atom. The van der Waals surface area contributed by atoms with Crippen LogP contribution in [0, 0.1) is 0 Å². The largest absolute Gasteiger partial charge is 0.444 e. The van der Waals surface area contributed by atoms with E-state index in [1.165, 1.54) is 5.56 Å². The van der Waals surface area contributed by atoms with E-state index in [0.29, 0.717) is 38.7 Å². The Labute approximate surface area is 201 Å². The first-order chi connectivity index (χ1) is 14.3. The first kappa shape index (κ1) is 25.0. The van der Waals surface area contributed by atoms with E-state index in [1.807, 2.05) is 37.9 Å². The number of imidazole rings is 1. The van der Waals surface area contributed by atoms with Crippen molar-refractivity contribution >= 4 is 36.0 Å². The van der Waals surface area contributed by atoms with Crippen molar-refractivity contribution in [2.75, 3.05) is 26.2 Å². The van der Waals surface area contributed by atoms with Gasteiger partial charge in [-0.3, -0.25) is 0 Å². The van der Waals surface area contributed by atoms with Crippen molar-refractivity contribution in [2.24, 2.45) is 10.7 Å². The van der Waals surface area contributed by atoms with E-state index in [0.717, 1.165) is 18.8 Å². The quantitative estimate of drug-likeness (QED) is 0.358. The fourth-order valence-corrected chi connectivity index (χ4v) is 3.29. The third kappa shape index (κ3) is 7.71. The van der Waals surface area contributed by atoms with E-state index >= 15 is 0 Å². The Balaban J connectivity index is 0.00000341. The molecule has 1 aliphatic heterocycles. The van der Waals surface area contributed by atoms with Crippen molar-refractivity contribution in [3.63, 3.8) is 0 Å². The van der Waals surface area contributed by atoms with Crippen LogP contribution in [0.15, 0.2) is 47.7 Å². The lowest BCUT2D eigenvalue weighted by Crippen LogP contribution is -2.53. The minimum absolute atomic E-state index is 0. The van der Waals surface area contributed by atoms with Crippen molar-refractivity contribution in [3.8, 4) is 0 Å². The van der Waals surface area contributed by atoms with Gasteiger partial charge in [-0.1, -0.05) is 30.3 Å². The highest BCUT2D eigenvalue weighted by molar-refractivity contribution is 14.0. The number of carbonyl (C=O) groups is 1. The lowest BCUT2D eigenvalue weighted by molar-refractivity contribution is 0.0186. The first-order valence-corrected chi connectivity index (χ1v) is 10.4. The molecule has 1 aromatic carbocycles. The molecule has 8 nitrogen and oxygen atoms in total. The van der Waals surface area contributed by atoms with Crippen LogP contribution in [0.4, 0.5) is 4.79 Å². The minimum atomic E-state index is -0.489. The summed E-state index contributed by atoms with van der Waals surface area (Å²) in [6.07, 6.45) is 4.43. The molecule has 170 valence electrons. The molecule has 1 amide bonds. The van der Waals surface area contributed by atoms with Gasteiger partial charge in [0.25, 0.3) is 0 Å². The van der Waals surface area contributed by atoms with Crippen LogP contribution in [0.3, 0.4) is 0 Å². The normalized spacial score (nSPS) is 14.9. The van der Waals surface area contributed by atoms with Crippen LogP contribution in [0.25, 0.3) is 0 Å². The van der Waals surface area contributed by atoms with E-state index < -0.39 is 5.60 Å². The molecule has 0 atom stereocenters. The molecule has 0 spiro atoms. The summed E-state index contributed by atoms with van der Waals surface area (Å²) in [7, 11) is 0. The average Bonchev–Trinajstić information content (AvgIpc) is 3.17. The smallest absolute Gasteiger partial charge is 0.410 e. The molecule has 2 N–H and O–H groups in total. The maximum absolute atomic E-state index is 12.2. The summed E-state index contributed by atoms with van der Waals surface area (Å²) in [5, 5.41) is 0. The zero-order valence-electron chi connectivity index (χ0n) is 18.5. The standard InChI is InChI=1S/C22H32N6O2.HI/c1-22(2,3)30-21(29)28-15-13-27(14-16-28)20(23)25-17-19-24-10-12-26(19)11-9-18-7-5-4-6-8-18;/h4-8,10,12H,9,11,13-17H2,1-3H3,(H2,23,25);1H. The fourth-order valence-electron chi connectivity index (χ4n) is 3.29. The number of carbonyl (C=O) groups excluding carboxylic acids is 1. The van der Waals surface area contributed by atoms with Crippen molar-refractivity contribution < 1.29 is 9.53 Å². The molecule has 1 saturated heterocycles. The van der Waals surface area contributed by atoms with Gasteiger partial charge < -0.3 is 24.8 Å². The molecule has 0 saturated carbocycles. The number of guanidine groups is 1. The van der Waals surface area contributed by atoms with Gasteiger partial charge in [-0.2, -0.15) is 0 Å². The van der Waals surface area contributed by atoms with Gasteiger partial charge in [0.1, 0.15) is 18.0 Å². The molecular weight excluding hydrogens is 507 g/mol. The molecule has 1 fully saturated rings. The third-order valence-electron chi connectivity index (χ3n) is 4.92. The molecule has 0 radical (unpaired) electrons. The summed E-state index contributed by atoms with van der Waals surface area (Å²) in [4.78, 5) is 24.9. The summed E-state index contributed by atoms with van der Waals surface area (Å²) in [6, 6.07) is 10.4. The van der Waals surface area contributed by atoms with Crippen LogP contribution in [0.5, 0.6) is 0 Å². The zero-order chi connectivity index (χ0) is 21.6. The maximum Gasteiger partial charge on any atom is 0.410 e. The molecule has 0 bridgehead atoms. The van der Waals surface area contributed by atoms with Gasteiger partial charge in [0.05, 0.1) is 0 Å². The lowest BCUT2D eigenvalue weighted by Gasteiger charge is -2.36. The van der Waals surface area contributed by atoms with Crippen LogP contribution in [-0.4, -0.2) is 63.2 Å². The number of piperazine rings is 1. The number of hydrogen-bond acceptors (Lipinski definition) is 4. The predicted molar refractivity (Wildman–Crippen MR) is 132 cm³/mol. The number of aryl methyl sites for hydroxylation is 2. The summed E-state index contributed by atoms with van der Waals surface area (Å²) in [5.74, 6) is 1.37. The van der Waals surface area contributed by atoms with Gasteiger partial charge in [0.15, 0.2) is 5.96 Å². The van der Waals surface area contributed by atoms with Crippen molar-refractivity contribution in [1.82, 2.24) is 19.4 Å². The van der Waals surface area contributed by atoms with Crippen LogP contribution < -0.4 is 5.73 Å². The lowest BCUT2D eigenvalue weighted by atomic mass is 10.1. The topological polar surface area (TPSA) is 89.0 Å². The molecule has 1 aromatic heterocycles. The number of benzene rings is 1. The van der Waals surface area contributed by atoms with E-state index in [4.69, 9.17) is 10.5 Å². The highest BCUT2D eigenvalue weighted by Gasteiger charge is 2.26. The number of amides is 1. The number of rotatable bonds is 5. The predicted octanol–water partition coefficient (Wildman–Crippen LogP) is 3.11. The summed E-state index contributed by atoms with van der Waals surface area (Å²) in [5.41, 5.74) is 7.01. The highest BCUT2D eigenvalue weighted by Crippen LogP contribution is 2.12. The van der Waals surface area contributed by atoms with Gasteiger partial charge in [-0.05, 0) is 32.8 Å². The Morgan fingerprint density at radius 2 is 1.77 bits per heavy atom. The second-order valence-electron chi connectivity index (χ2n) is 8.40. The summed E-state index contributed by atoms with van der Waals surface area (Å²) < 4.78 is 7.55. The Morgan fingerprint density at radius 1 is 1.13 bits per heavy atom. The van der Waals surface area contributed by atoms with Crippen LogP contribution in [0.2, 0.25) is 0 Å². The Bertz CT molecular complexity index is 854. The van der Waals surface area contributed by atoms with Gasteiger partial charge in [0.2, 0.25) is 0 Å². The zero-order valence-corrected chi connectivity index (χ0v) is 20.9. The molecule has 0 unspecified atom stereocenters. The number of nitrogens with zero attached hydrogens (tertiary/aromatic N) is 5. The van der Waals surface area contributed by atoms with E-state index in [2.05, 4.69) is 38.8 Å². The Hall–Kier alpha value is -2.30. The highest BCUT2D eigenvalue weighted by atomic mass is 127. The van der Waals surface area contributed by atoms with Gasteiger partial charge >= 0.3 is 6.09 Å². The maximum atomic E-state index is 12.2.